The van der Waals surface area contributed by atoms with Gasteiger partial charge in [0.15, 0.2) is 0 Å². The van der Waals surface area contributed by atoms with Crippen LogP contribution in [-0.4, -0.2) is 66.9 Å². The summed E-state index contributed by atoms with van der Waals surface area (Å²) in [5.74, 6) is -0.815. The molecule has 1 saturated carbocycles. The molecular weight excluding hydrogens is 528 g/mol. The second kappa shape index (κ2) is 12.8. The molecule has 0 bridgehead atoms. The van der Waals surface area contributed by atoms with Crippen LogP contribution in [0.2, 0.25) is 0 Å². The Morgan fingerprint density at radius 3 is 2.44 bits per heavy atom. The molecule has 1 aromatic rings. The van der Waals surface area contributed by atoms with Gasteiger partial charge in [-0.15, -0.1) is 0 Å². The predicted molar refractivity (Wildman–Crippen MR) is 151 cm³/mol. The van der Waals surface area contributed by atoms with Crippen LogP contribution in [0.25, 0.3) is 0 Å². The maximum absolute atomic E-state index is 12.8. The summed E-state index contributed by atoms with van der Waals surface area (Å²) < 4.78 is 23.8. The first-order valence-electron chi connectivity index (χ1n) is 14.4. The van der Waals surface area contributed by atoms with E-state index in [0.717, 1.165) is 6.42 Å². The van der Waals surface area contributed by atoms with Crippen LogP contribution in [0.15, 0.2) is 35.9 Å². The predicted octanol–water partition coefficient (Wildman–Crippen LogP) is 4.72. The monoisotopic (exact) mass is 570 g/mol. The Morgan fingerprint density at radius 2 is 1.83 bits per heavy atom. The molecule has 0 aromatic heterocycles. The Kier molecular flexibility index (Phi) is 9.66. The van der Waals surface area contributed by atoms with Crippen molar-refractivity contribution < 1.29 is 38.1 Å². The SMILES string of the molecule is CCC(=O)CCCC(=O)Nc1ccc(C(=O)NC(=O)O[C@@H]2CC[C@]3(CO3)[C@@H](C3(C)O[C@@H]3CC=C(C)C)[C@@H]2OC)cc1. The van der Waals surface area contributed by atoms with Gasteiger partial charge in [-0.3, -0.25) is 19.7 Å². The Bertz CT molecular complexity index is 1170. The highest BCUT2D eigenvalue weighted by Gasteiger charge is 2.72. The molecule has 224 valence electrons. The van der Waals surface area contributed by atoms with E-state index in [0.29, 0.717) is 44.4 Å². The number of rotatable bonds is 12. The quantitative estimate of drug-likeness (QED) is 0.272. The summed E-state index contributed by atoms with van der Waals surface area (Å²) in [6.07, 6.45) is 3.95. The Morgan fingerprint density at radius 1 is 1.12 bits per heavy atom. The van der Waals surface area contributed by atoms with Crippen LogP contribution in [0.3, 0.4) is 0 Å². The molecule has 2 aliphatic heterocycles. The van der Waals surface area contributed by atoms with Gasteiger partial charge in [-0.25, -0.2) is 4.79 Å². The standard InChI is InChI=1S/C31H42N2O8/c1-6-22(34)8-7-9-25(35)32-21-13-11-20(12-14-21)28(36)33-29(37)40-23-16-17-31(18-39-31)27(26(23)38-5)30(4)24(41-30)15-10-19(2)3/h10-14,23-24,26-27H,6-9,15-18H2,1-5H3,(H,32,35)(H,33,36,37)/t23-,24-,26-,27-,30?,31+/m1/s1. The molecule has 2 heterocycles. The van der Waals surface area contributed by atoms with Crippen molar-refractivity contribution in [2.45, 2.75) is 102 Å². The maximum Gasteiger partial charge on any atom is 0.414 e. The Balaban J connectivity index is 1.30. The van der Waals surface area contributed by atoms with Crippen LogP contribution in [-0.2, 0) is 28.5 Å². The largest absolute Gasteiger partial charge is 0.443 e. The fraction of sp³-hybridized carbons (Fsp3) is 0.613. The summed E-state index contributed by atoms with van der Waals surface area (Å²) in [5, 5.41) is 5.04. The number of allylic oxidation sites excluding steroid dienone is 1. The van der Waals surface area contributed by atoms with E-state index in [-0.39, 0.29) is 41.3 Å². The van der Waals surface area contributed by atoms with Crippen molar-refractivity contribution in [2.24, 2.45) is 5.92 Å². The maximum atomic E-state index is 12.8. The van der Waals surface area contributed by atoms with E-state index in [1.165, 1.54) is 17.7 Å². The van der Waals surface area contributed by atoms with Crippen molar-refractivity contribution >= 4 is 29.4 Å². The van der Waals surface area contributed by atoms with E-state index in [4.69, 9.17) is 18.9 Å². The first-order valence-corrected chi connectivity index (χ1v) is 14.4. The van der Waals surface area contributed by atoms with Crippen LogP contribution in [0, 0.1) is 5.92 Å². The van der Waals surface area contributed by atoms with Gasteiger partial charge in [0.05, 0.1) is 18.6 Å². The minimum Gasteiger partial charge on any atom is -0.443 e. The summed E-state index contributed by atoms with van der Waals surface area (Å²) in [6, 6.07) is 6.19. The second-order valence-electron chi connectivity index (χ2n) is 11.6. The number of anilines is 1. The highest BCUT2D eigenvalue weighted by atomic mass is 16.6. The zero-order chi connectivity index (χ0) is 29.8. The number of nitrogens with one attached hydrogen (secondary N) is 2. The van der Waals surface area contributed by atoms with Crippen molar-refractivity contribution in [1.29, 1.82) is 0 Å². The van der Waals surface area contributed by atoms with Gasteiger partial charge in [-0.2, -0.15) is 0 Å². The van der Waals surface area contributed by atoms with Gasteiger partial charge in [-0.1, -0.05) is 18.6 Å². The molecule has 10 heteroatoms. The molecule has 41 heavy (non-hydrogen) atoms. The van der Waals surface area contributed by atoms with E-state index in [2.05, 4.69) is 37.5 Å². The summed E-state index contributed by atoms with van der Waals surface area (Å²) >= 11 is 0. The molecule has 1 aliphatic carbocycles. The summed E-state index contributed by atoms with van der Waals surface area (Å²) in [5.41, 5.74) is 1.18. The Hall–Kier alpha value is -3.08. The van der Waals surface area contributed by atoms with E-state index in [1.807, 2.05) is 0 Å². The fourth-order valence-corrected chi connectivity index (χ4v) is 5.95. The van der Waals surface area contributed by atoms with Gasteiger partial charge < -0.3 is 24.3 Å². The molecule has 10 nitrogen and oxygen atoms in total. The number of benzene rings is 1. The molecule has 3 aliphatic rings. The van der Waals surface area contributed by atoms with Crippen molar-refractivity contribution in [2.75, 3.05) is 19.0 Å². The first-order chi connectivity index (χ1) is 19.5. The Labute approximate surface area is 241 Å². The van der Waals surface area contributed by atoms with E-state index in [1.54, 1.807) is 26.2 Å². The third kappa shape index (κ3) is 7.42. The minimum atomic E-state index is -0.851. The summed E-state index contributed by atoms with van der Waals surface area (Å²) in [7, 11) is 1.60. The number of epoxide rings is 2. The van der Waals surface area contributed by atoms with Gasteiger partial charge in [0.2, 0.25) is 5.91 Å². The lowest BCUT2D eigenvalue weighted by atomic mass is 9.68. The van der Waals surface area contributed by atoms with E-state index in [9.17, 15) is 19.2 Å². The number of ketones is 1. The molecule has 3 amide bonds. The molecule has 2 saturated heterocycles. The lowest BCUT2D eigenvalue weighted by Gasteiger charge is -2.42. The number of carbonyl (C=O) groups is 4. The minimum absolute atomic E-state index is 0.0355. The van der Waals surface area contributed by atoms with Crippen LogP contribution < -0.4 is 10.6 Å². The number of carbonyl (C=O) groups excluding carboxylic acids is 4. The molecule has 4 rings (SSSR count). The van der Waals surface area contributed by atoms with Gasteiger partial charge in [0.1, 0.15) is 29.2 Å². The summed E-state index contributed by atoms with van der Waals surface area (Å²) in [6.45, 7) is 8.61. The molecule has 6 atom stereocenters. The van der Waals surface area contributed by atoms with Crippen molar-refractivity contribution in [1.82, 2.24) is 5.32 Å². The lowest BCUT2D eigenvalue weighted by molar-refractivity contribution is -0.119. The number of Topliss-reactive ketones (excluding diaryl/α,β-unsaturated/α-hetero) is 1. The molecule has 1 aromatic carbocycles. The zero-order valence-electron chi connectivity index (χ0n) is 24.6. The number of alkyl carbamates (subject to hydrolysis) is 1. The van der Waals surface area contributed by atoms with Crippen molar-refractivity contribution in [3.8, 4) is 0 Å². The third-order valence-electron chi connectivity index (χ3n) is 8.40. The normalized spacial score (nSPS) is 29.8. The molecule has 1 unspecified atom stereocenters. The van der Waals surface area contributed by atoms with E-state index < -0.39 is 29.8 Å². The van der Waals surface area contributed by atoms with Crippen LogP contribution in [0.1, 0.15) is 83.0 Å². The van der Waals surface area contributed by atoms with Gasteiger partial charge in [0.25, 0.3) is 5.91 Å². The fourth-order valence-electron chi connectivity index (χ4n) is 5.95. The highest BCUT2D eigenvalue weighted by Crippen LogP contribution is 2.59. The third-order valence-corrected chi connectivity index (χ3v) is 8.40. The van der Waals surface area contributed by atoms with Gasteiger partial charge in [0, 0.05) is 37.6 Å². The van der Waals surface area contributed by atoms with Gasteiger partial charge in [-0.05, 0) is 70.7 Å². The van der Waals surface area contributed by atoms with Gasteiger partial charge >= 0.3 is 6.09 Å². The average molecular weight is 571 g/mol. The average Bonchev–Trinajstić information content (AvgIpc) is 3.85. The van der Waals surface area contributed by atoms with Crippen LogP contribution in [0.5, 0.6) is 0 Å². The number of amides is 3. The molecule has 2 N–H and O–H groups in total. The second-order valence-corrected chi connectivity index (χ2v) is 11.6. The molecular formula is C31H42N2O8. The van der Waals surface area contributed by atoms with E-state index >= 15 is 0 Å². The number of imide groups is 1. The molecule has 0 radical (unpaired) electrons. The summed E-state index contributed by atoms with van der Waals surface area (Å²) in [4.78, 5) is 49.0. The molecule has 3 fully saturated rings. The number of hydrogen-bond acceptors (Lipinski definition) is 8. The highest BCUT2D eigenvalue weighted by molar-refractivity contribution is 6.03. The number of hydrogen-bond donors (Lipinski definition) is 2. The topological polar surface area (TPSA) is 136 Å². The smallest absolute Gasteiger partial charge is 0.414 e. The van der Waals surface area contributed by atoms with Crippen molar-refractivity contribution in [3.63, 3.8) is 0 Å². The van der Waals surface area contributed by atoms with Crippen LogP contribution >= 0.6 is 0 Å². The van der Waals surface area contributed by atoms with Crippen LogP contribution in [0.4, 0.5) is 10.5 Å². The first kappa shape index (κ1) is 30.9. The number of methoxy groups -OCH3 is 1. The molecule has 1 spiro atoms. The number of ether oxygens (including phenoxy) is 4. The zero-order valence-corrected chi connectivity index (χ0v) is 24.6. The lowest BCUT2D eigenvalue weighted by Crippen LogP contribution is -2.56. The van der Waals surface area contributed by atoms with Crippen molar-refractivity contribution in [3.05, 3.63) is 41.5 Å².